The number of ether oxygens (including phenoxy) is 8. The van der Waals surface area contributed by atoms with Crippen LogP contribution < -0.4 is 0 Å². The molecule has 320 valence electrons. The lowest BCUT2D eigenvalue weighted by atomic mass is 9.72. The van der Waals surface area contributed by atoms with E-state index in [2.05, 4.69) is 13.2 Å². The Morgan fingerprint density at radius 3 is 1.46 bits per heavy atom. The minimum absolute atomic E-state index is 0.0371. The summed E-state index contributed by atoms with van der Waals surface area (Å²) in [6, 6.07) is 0. The highest BCUT2D eigenvalue weighted by Crippen LogP contribution is 2.40. The molecular formula is C44H71FO11. The van der Waals surface area contributed by atoms with Gasteiger partial charge in [-0.3, -0.25) is 4.79 Å². The minimum Gasteiger partial charge on any atom is -0.465 e. The van der Waals surface area contributed by atoms with Gasteiger partial charge in [-0.2, -0.15) is 0 Å². The van der Waals surface area contributed by atoms with Gasteiger partial charge in [0, 0.05) is 31.6 Å². The van der Waals surface area contributed by atoms with Crippen LogP contribution in [0.3, 0.4) is 0 Å². The van der Waals surface area contributed by atoms with Crippen molar-refractivity contribution < 1.29 is 56.7 Å². The number of hydrogen-bond donors (Lipinski definition) is 0. The summed E-state index contributed by atoms with van der Waals surface area (Å²) < 4.78 is 60.6. The van der Waals surface area contributed by atoms with Crippen LogP contribution in [0.4, 0.5) is 4.39 Å². The zero-order valence-electron chi connectivity index (χ0n) is 33.9. The first-order valence-corrected chi connectivity index (χ1v) is 21.8. The van der Waals surface area contributed by atoms with Crippen molar-refractivity contribution >= 4 is 17.9 Å². The molecule has 0 aromatic rings. The summed E-state index contributed by atoms with van der Waals surface area (Å²) in [4.78, 5) is 34.7. The van der Waals surface area contributed by atoms with Crippen molar-refractivity contribution in [2.75, 3.05) is 46.4 Å². The third kappa shape index (κ3) is 18.0. The Balaban J connectivity index is 0.921. The van der Waals surface area contributed by atoms with Crippen LogP contribution in [0, 0.1) is 17.8 Å². The van der Waals surface area contributed by atoms with Crippen LogP contribution in [-0.2, 0) is 52.3 Å². The van der Waals surface area contributed by atoms with E-state index in [0.29, 0.717) is 70.2 Å². The largest absolute Gasteiger partial charge is 0.465 e. The van der Waals surface area contributed by atoms with Gasteiger partial charge in [0.25, 0.3) is 0 Å². The van der Waals surface area contributed by atoms with Gasteiger partial charge < -0.3 is 37.9 Å². The molecular weight excluding hydrogens is 723 g/mol. The minimum atomic E-state index is -0.940. The van der Waals surface area contributed by atoms with Crippen molar-refractivity contribution in [1.29, 1.82) is 0 Å². The van der Waals surface area contributed by atoms with Gasteiger partial charge in [0.1, 0.15) is 13.0 Å². The summed E-state index contributed by atoms with van der Waals surface area (Å²) >= 11 is 0. The van der Waals surface area contributed by atoms with E-state index < -0.39 is 18.1 Å². The second-order valence-electron chi connectivity index (χ2n) is 16.1. The summed E-state index contributed by atoms with van der Waals surface area (Å²) in [5.41, 5.74) is 0. The van der Waals surface area contributed by atoms with Gasteiger partial charge in [0.15, 0.2) is 0 Å². The fraction of sp³-hybridized carbons (Fsp3) is 0.841. The lowest BCUT2D eigenvalue weighted by Gasteiger charge is -2.39. The van der Waals surface area contributed by atoms with Gasteiger partial charge >= 0.3 is 17.9 Å². The van der Waals surface area contributed by atoms with Gasteiger partial charge in [-0.1, -0.05) is 19.6 Å². The second kappa shape index (κ2) is 27.3. The van der Waals surface area contributed by atoms with Gasteiger partial charge in [-0.25, -0.2) is 14.0 Å². The average Bonchev–Trinajstić information content (AvgIpc) is 3.22. The summed E-state index contributed by atoms with van der Waals surface area (Å²) in [5.74, 6) is 0.0565. The Hall–Kier alpha value is -2.38. The van der Waals surface area contributed by atoms with Crippen molar-refractivity contribution in [3.63, 3.8) is 0 Å². The maximum absolute atomic E-state index is 15.2. The number of carbonyl (C=O) groups is 3. The SMILES string of the molecule is C=CC(=O)OCCCOC1CCC(OCOC2CCC(C3CCC(OCCCCCCOC(=O)C4CCC(OCCCOC(=O)C=C)CC4)CC3)CC2F)CC1. The molecule has 0 aromatic heterocycles. The van der Waals surface area contributed by atoms with Crippen LogP contribution in [0.25, 0.3) is 0 Å². The predicted octanol–water partition coefficient (Wildman–Crippen LogP) is 8.30. The van der Waals surface area contributed by atoms with Crippen molar-refractivity contribution in [2.24, 2.45) is 17.8 Å². The molecule has 0 spiro atoms. The molecule has 0 radical (unpaired) electrons. The number of esters is 3. The Bertz CT molecular complexity index is 1130. The van der Waals surface area contributed by atoms with Crippen LogP contribution >= 0.6 is 0 Å². The number of unbranched alkanes of at least 4 members (excludes halogenated alkanes) is 3. The first-order chi connectivity index (χ1) is 27.3. The number of halogens is 1. The Labute approximate surface area is 335 Å². The third-order valence-corrected chi connectivity index (χ3v) is 12.1. The highest BCUT2D eigenvalue weighted by Gasteiger charge is 2.37. The fourth-order valence-corrected chi connectivity index (χ4v) is 8.69. The molecule has 11 nitrogen and oxygen atoms in total. The predicted molar refractivity (Wildman–Crippen MR) is 209 cm³/mol. The van der Waals surface area contributed by atoms with Gasteiger partial charge in [-0.05, 0) is 127 Å². The topological polar surface area (TPSA) is 125 Å². The van der Waals surface area contributed by atoms with E-state index in [1.807, 2.05) is 0 Å². The molecule has 12 heteroatoms. The molecule has 4 saturated carbocycles. The van der Waals surface area contributed by atoms with Gasteiger partial charge in [0.05, 0.1) is 69.5 Å². The Morgan fingerprint density at radius 2 is 0.929 bits per heavy atom. The van der Waals surface area contributed by atoms with E-state index >= 15 is 4.39 Å². The van der Waals surface area contributed by atoms with E-state index in [4.69, 9.17) is 37.9 Å². The first-order valence-electron chi connectivity index (χ1n) is 21.8. The first kappa shape index (κ1) is 46.3. The van der Waals surface area contributed by atoms with E-state index in [1.54, 1.807) is 0 Å². The molecule has 4 aliphatic carbocycles. The highest BCUT2D eigenvalue weighted by atomic mass is 19.1. The molecule has 0 amide bonds. The maximum atomic E-state index is 15.2. The number of carbonyl (C=O) groups excluding carboxylic acids is 3. The van der Waals surface area contributed by atoms with Crippen LogP contribution in [-0.4, -0.2) is 101 Å². The smallest absolute Gasteiger partial charge is 0.330 e. The van der Waals surface area contributed by atoms with Gasteiger partial charge in [0.2, 0.25) is 0 Å². The highest BCUT2D eigenvalue weighted by molar-refractivity contribution is 5.81. The quantitative estimate of drug-likeness (QED) is 0.0276. The number of alkyl halides is 1. The zero-order valence-corrected chi connectivity index (χ0v) is 33.9. The normalized spacial score (nSPS) is 29.6. The summed E-state index contributed by atoms with van der Waals surface area (Å²) in [6.07, 6.45) is 20.7. The second-order valence-corrected chi connectivity index (χ2v) is 16.1. The summed E-state index contributed by atoms with van der Waals surface area (Å²) in [6.45, 7) is 9.92. The van der Waals surface area contributed by atoms with Crippen molar-refractivity contribution in [3.05, 3.63) is 25.3 Å². The van der Waals surface area contributed by atoms with E-state index in [9.17, 15) is 14.4 Å². The van der Waals surface area contributed by atoms with Crippen LogP contribution in [0.2, 0.25) is 0 Å². The fourth-order valence-electron chi connectivity index (χ4n) is 8.69. The zero-order chi connectivity index (χ0) is 39.8. The van der Waals surface area contributed by atoms with Gasteiger partial charge in [-0.15, -0.1) is 0 Å². The van der Waals surface area contributed by atoms with E-state index in [1.165, 1.54) is 0 Å². The molecule has 3 unspecified atom stereocenters. The molecule has 0 aliphatic heterocycles. The average molecular weight is 795 g/mol. The number of rotatable bonds is 26. The van der Waals surface area contributed by atoms with Crippen molar-refractivity contribution in [1.82, 2.24) is 0 Å². The molecule has 56 heavy (non-hydrogen) atoms. The standard InChI is InChI=1S/C44H71FO11/c1-3-42(46)52-29-9-27-50-37-18-13-34(14-19-37)44(48)54-26-8-6-5-7-25-49-36-16-11-33(12-17-36)35-15-24-41(40(45)31-35)56-32-55-39-22-20-38(21-23-39)51-28-10-30-53-43(47)4-2/h3-4,33-41H,1-2,5-32H2. The maximum Gasteiger partial charge on any atom is 0.330 e. The summed E-state index contributed by atoms with van der Waals surface area (Å²) in [7, 11) is 0. The molecule has 0 aromatic carbocycles. The van der Waals surface area contributed by atoms with E-state index in [-0.39, 0.29) is 43.1 Å². The molecule has 0 N–H and O–H groups in total. The van der Waals surface area contributed by atoms with Crippen molar-refractivity contribution in [3.8, 4) is 0 Å². The molecule has 4 fully saturated rings. The Kier molecular flexibility index (Phi) is 22.6. The molecule has 3 atom stereocenters. The lowest BCUT2D eigenvalue weighted by molar-refractivity contribution is -0.157. The molecule has 0 bridgehead atoms. The third-order valence-electron chi connectivity index (χ3n) is 12.1. The molecule has 0 heterocycles. The van der Waals surface area contributed by atoms with Crippen LogP contribution in [0.5, 0.6) is 0 Å². The monoisotopic (exact) mass is 794 g/mol. The van der Waals surface area contributed by atoms with Crippen molar-refractivity contribution in [2.45, 2.75) is 172 Å². The van der Waals surface area contributed by atoms with Crippen LogP contribution in [0.15, 0.2) is 25.3 Å². The molecule has 4 rings (SSSR count). The van der Waals surface area contributed by atoms with E-state index in [0.717, 1.165) is 134 Å². The summed E-state index contributed by atoms with van der Waals surface area (Å²) in [5, 5.41) is 0. The van der Waals surface area contributed by atoms with Crippen LogP contribution in [0.1, 0.15) is 135 Å². The Morgan fingerprint density at radius 1 is 0.482 bits per heavy atom. The lowest BCUT2D eigenvalue weighted by Crippen LogP contribution is -2.38. The molecule has 4 aliphatic rings. The number of hydrogen-bond acceptors (Lipinski definition) is 11. The molecule has 0 saturated heterocycles.